The fraction of sp³-hybridized carbons (Fsp3) is 0.304. The standard InChI is InChI=1S/C23H26N4O3/c1-5-15-10-6-9-13-18(15)25-19(28)14-24-20(29)16-11-7-8-12-17(16)21-26-22(27-30-21)23(2,3)4/h6-13H,5,14H2,1-4H3,(H,24,29)(H,25,28). The second-order valence-electron chi connectivity index (χ2n) is 7.96. The molecule has 0 saturated carbocycles. The van der Waals surface area contributed by atoms with Gasteiger partial charge in [-0.2, -0.15) is 4.98 Å². The van der Waals surface area contributed by atoms with Crippen LogP contribution in [0.5, 0.6) is 0 Å². The highest BCUT2D eigenvalue weighted by Crippen LogP contribution is 2.26. The first-order chi connectivity index (χ1) is 14.3. The number of carbonyl (C=O) groups is 2. The summed E-state index contributed by atoms with van der Waals surface area (Å²) in [6, 6.07) is 14.5. The van der Waals surface area contributed by atoms with E-state index in [0.717, 1.165) is 17.7 Å². The van der Waals surface area contributed by atoms with Crippen molar-refractivity contribution in [3.8, 4) is 11.5 Å². The highest BCUT2D eigenvalue weighted by molar-refractivity contribution is 6.02. The van der Waals surface area contributed by atoms with Crippen molar-refractivity contribution in [2.75, 3.05) is 11.9 Å². The second-order valence-corrected chi connectivity index (χ2v) is 7.96. The normalized spacial score (nSPS) is 11.2. The minimum Gasteiger partial charge on any atom is -0.343 e. The molecule has 2 amide bonds. The fourth-order valence-corrected chi connectivity index (χ4v) is 2.91. The molecule has 1 aromatic heterocycles. The summed E-state index contributed by atoms with van der Waals surface area (Å²) in [7, 11) is 0. The van der Waals surface area contributed by atoms with E-state index in [2.05, 4.69) is 20.8 Å². The average molecular weight is 406 g/mol. The number of aryl methyl sites for hydroxylation is 1. The monoisotopic (exact) mass is 406 g/mol. The van der Waals surface area contributed by atoms with Crippen molar-refractivity contribution in [1.82, 2.24) is 15.5 Å². The van der Waals surface area contributed by atoms with Crippen molar-refractivity contribution >= 4 is 17.5 Å². The molecule has 3 rings (SSSR count). The summed E-state index contributed by atoms with van der Waals surface area (Å²) in [5.41, 5.74) is 2.40. The Balaban J connectivity index is 1.70. The van der Waals surface area contributed by atoms with Crippen molar-refractivity contribution < 1.29 is 14.1 Å². The molecule has 0 saturated heterocycles. The molecule has 0 fully saturated rings. The Labute approximate surface area is 175 Å². The van der Waals surface area contributed by atoms with E-state index in [1.807, 2.05) is 52.0 Å². The van der Waals surface area contributed by atoms with Crippen LogP contribution in [-0.2, 0) is 16.6 Å². The van der Waals surface area contributed by atoms with Gasteiger partial charge in [0.25, 0.3) is 11.8 Å². The number of rotatable bonds is 6. The molecular formula is C23H26N4O3. The van der Waals surface area contributed by atoms with E-state index in [1.54, 1.807) is 24.3 Å². The number of amides is 2. The predicted octanol–water partition coefficient (Wildman–Crippen LogP) is 3.97. The molecule has 0 aliphatic heterocycles. The molecule has 2 aromatic carbocycles. The summed E-state index contributed by atoms with van der Waals surface area (Å²) >= 11 is 0. The van der Waals surface area contributed by atoms with Gasteiger partial charge in [-0.15, -0.1) is 0 Å². The molecule has 2 N–H and O–H groups in total. The van der Waals surface area contributed by atoms with Gasteiger partial charge in [-0.05, 0) is 30.2 Å². The zero-order valence-electron chi connectivity index (χ0n) is 17.7. The number of hydrogen-bond donors (Lipinski definition) is 2. The number of nitrogens with zero attached hydrogens (tertiary/aromatic N) is 2. The maximum absolute atomic E-state index is 12.7. The Hall–Kier alpha value is -3.48. The van der Waals surface area contributed by atoms with Crippen LogP contribution < -0.4 is 10.6 Å². The highest BCUT2D eigenvalue weighted by atomic mass is 16.5. The number of hydrogen-bond acceptors (Lipinski definition) is 5. The van der Waals surface area contributed by atoms with Gasteiger partial charge >= 0.3 is 0 Å². The number of aromatic nitrogens is 2. The molecular weight excluding hydrogens is 380 g/mol. The Morgan fingerprint density at radius 3 is 2.43 bits per heavy atom. The van der Waals surface area contributed by atoms with Crippen molar-refractivity contribution in [2.24, 2.45) is 0 Å². The Morgan fingerprint density at radius 1 is 1.03 bits per heavy atom. The summed E-state index contributed by atoms with van der Waals surface area (Å²) in [5.74, 6) is 0.142. The van der Waals surface area contributed by atoms with E-state index in [1.165, 1.54) is 0 Å². The minimum atomic E-state index is -0.389. The van der Waals surface area contributed by atoms with Gasteiger partial charge in [-0.25, -0.2) is 0 Å². The van der Waals surface area contributed by atoms with Crippen LogP contribution in [0.25, 0.3) is 11.5 Å². The average Bonchev–Trinajstić information content (AvgIpc) is 3.23. The molecule has 0 aliphatic carbocycles. The quantitative estimate of drug-likeness (QED) is 0.646. The van der Waals surface area contributed by atoms with Crippen LogP contribution in [-0.4, -0.2) is 28.5 Å². The third-order valence-corrected chi connectivity index (χ3v) is 4.58. The molecule has 7 nitrogen and oxygen atoms in total. The SMILES string of the molecule is CCc1ccccc1NC(=O)CNC(=O)c1ccccc1-c1nc(C(C)(C)C)no1. The first-order valence-corrected chi connectivity index (χ1v) is 9.89. The maximum atomic E-state index is 12.7. The minimum absolute atomic E-state index is 0.151. The molecule has 0 bridgehead atoms. The lowest BCUT2D eigenvalue weighted by molar-refractivity contribution is -0.115. The van der Waals surface area contributed by atoms with Gasteiger partial charge in [-0.1, -0.05) is 63.2 Å². The first kappa shape index (κ1) is 21.2. The highest BCUT2D eigenvalue weighted by Gasteiger charge is 2.23. The zero-order valence-corrected chi connectivity index (χ0v) is 17.7. The maximum Gasteiger partial charge on any atom is 0.258 e. The molecule has 3 aromatic rings. The molecule has 0 spiro atoms. The molecule has 0 unspecified atom stereocenters. The largest absolute Gasteiger partial charge is 0.343 e. The predicted molar refractivity (Wildman–Crippen MR) is 115 cm³/mol. The number of carbonyl (C=O) groups excluding carboxylic acids is 2. The van der Waals surface area contributed by atoms with E-state index in [9.17, 15) is 9.59 Å². The summed E-state index contributed by atoms with van der Waals surface area (Å²) in [6.45, 7) is 7.81. The fourth-order valence-electron chi connectivity index (χ4n) is 2.91. The van der Waals surface area contributed by atoms with Crippen LogP contribution in [0.1, 0.15) is 49.4 Å². The third kappa shape index (κ3) is 4.92. The number of para-hydroxylation sites is 1. The number of benzene rings is 2. The first-order valence-electron chi connectivity index (χ1n) is 9.89. The lowest BCUT2D eigenvalue weighted by Gasteiger charge is -2.11. The van der Waals surface area contributed by atoms with Crippen molar-refractivity contribution in [3.05, 3.63) is 65.5 Å². The number of nitrogens with one attached hydrogen (secondary N) is 2. The van der Waals surface area contributed by atoms with Gasteiger partial charge in [0, 0.05) is 11.1 Å². The van der Waals surface area contributed by atoms with Crippen LogP contribution in [0.15, 0.2) is 53.1 Å². The van der Waals surface area contributed by atoms with Crippen LogP contribution in [0, 0.1) is 0 Å². The summed E-state index contributed by atoms with van der Waals surface area (Å²) in [6.07, 6.45) is 0.803. The summed E-state index contributed by atoms with van der Waals surface area (Å²) < 4.78 is 5.38. The van der Waals surface area contributed by atoms with Gasteiger partial charge < -0.3 is 15.2 Å². The zero-order chi connectivity index (χ0) is 21.7. The van der Waals surface area contributed by atoms with Crippen LogP contribution in [0.2, 0.25) is 0 Å². The Morgan fingerprint density at radius 2 is 1.73 bits per heavy atom. The van der Waals surface area contributed by atoms with Crippen molar-refractivity contribution in [1.29, 1.82) is 0 Å². The number of anilines is 1. The van der Waals surface area contributed by atoms with E-state index in [-0.39, 0.29) is 29.7 Å². The van der Waals surface area contributed by atoms with E-state index >= 15 is 0 Å². The molecule has 30 heavy (non-hydrogen) atoms. The van der Waals surface area contributed by atoms with E-state index in [0.29, 0.717) is 17.0 Å². The Kier molecular flexibility index (Phi) is 6.30. The molecule has 0 radical (unpaired) electrons. The summed E-state index contributed by atoms with van der Waals surface area (Å²) in [5, 5.41) is 9.52. The van der Waals surface area contributed by atoms with Gasteiger partial charge in [0.2, 0.25) is 5.91 Å². The second kappa shape index (κ2) is 8.90. The van der Waals surface area contributed by atoms with Gasteiger partial charge in [-0.3, -0.25) is 9.59 Å². The van der Waals surface area contributed by atoms with E-state index in [4.69, 9.17) is 4.52 Å². The van der Waals surface area contributed by atoms with Crippen LogP contribution in [0.4, 0.5) is 5.69 Å². The Bertz CT molecular complexity index is 1050. The molecule has 0 aliphatic rings. The summed E-state index contributed by atoms with van der Waals surface area (Å²) in [4.78, 5) is 29.5. The molecule has 156 valence electrons. The van der Waals surface area contributed by atoms with Crippen molar-refractivity contribution in [3.63, 3.8) is 0 Å². The smallest absolute Gasteiger partial charge is 0.258 e. The van der Waals surface area contributed by atoms with Gasteiger partial charge in [0.1, 0.15) is 0 Å². The third-order valence-electron chi connectivity index (χ3n) is 4.58. The van der Waals surface area contributed by atoms with Crippen molar-refractivity contribution in [2.45, 2.75) is 39.5 Å². The van der Waals surface area contributed by atoms with Gasteiger partial charge in [0.05, 0.1) is 17.7 Å². The van der Waals surface area contributed by atoms with Crippen LogP contribution >= 0.6 is 0 Å². The lowest BCUT2D eigenvalue weighted by Crippen LogP contribution is -2.33. The lowest BCUT2D eigenvalue weighted by atomic mass is 9.96. The molecule has 0 atom stereocenters. The molecule has 1 heterocycles. The van der Waals surface area contributed by atoms with Crippen LogP contribution in [0.3, 0.4) is 0 Å². The van der Waals surface area contributed by atoms with Gasteiger partial charge in [0.15, 0.2) is 5.82 Å². The molecule has 7 heteroatoms. The van der Waals surface area contributed by atoms with E-state index < -0.39 is 0 Å². The topological polar surface area (TPSA) is 97.1 Å².